The Hall–Kier alpha value is -1.55. The first-order chi connectivity index (χ1) is 8.17. The normalized spacial score (nSPS) is 11.9. The maximum atomic E-state index is 11.0. The van der Waals surface area contributed by atoms with Gasteiger partial charge < -0.3 is 15.2 Å². The lowest BCUT2D eigenvalue weighted by atomic mass is 10.1. The Kier molecular flexibility index (Phi) is 5.49. The molecule has 0 fully saturated rings. The average Bonchev–Trinajstić information content (AvgIpc) is 2.36. The van der Waals surface area contributed by atoms with Gasteiger partial charge in [-0.1, -0.05) is 19.1 Å². The zero-order chi connectivity index (χ0) is 12.7. The van der Waals surface area contributed by atoms with E-state index in [9.17, 15) is 9.90 Å². The van der Waals surface area contributed by atoms with E-state index < -0.39 is 6.10 Å². The number of carbonyl (C=O) groups is 1. The fraction of sp³-hybridized carbons (Fsp3) is 0.462. The van der Waals surface area contributed by atoms with Crippen LogP contribution in [0.4, 0.5) is 0 Å². The largest absolute Gasteiger partial charge is 0.494 e. The third kappa shape index (κ3) is 4.44. The molecule has 1 aromatic rings. The molecular formula is C13H19NO3. The number of nitrogens with one attached hydrogen (secondary N) is 1. The first kappa shape index (κ1) is 13.5. The molecule has 0 spiro atoms. The Morgan fingerprint density at radius 1 is 1.35 bits per heavy atom. The van der Waals surface area contributed by atoms with Crippen LogP contribution in [-0.4, -0.2) is 24.2 Å². The smallest absolute Gasteiger partial charge is 0.219 e. The van der Waals surface area contributed by atoms with Crippen molar-refractivity contribution in [1.82, 2.24) is 5.32 Å². The summed E-state index contributed by atoms with van der Waals surface area (Å²) < 4.78 is 5.30. The van der Waals surface area contributed by atoms with Gasteiger partial charge in [0.1, 0.15) is 5.75 Å². The fourth-order valence-electron chi connectivity index (χ4n) is 1.41. The van der Waals surface area contributed by atoms with E-state index in [2.05, 4.69) is 5.32 Å². The first-order valence-electron chi connectivity index (χ1n) is 5.84. The van der Waals surface area contributed by atoms with Crippen molar-refractivity contribution in [3.63, 3.8) is 0 Å². The molecule has 4 heteroatoms. The molecular weight excluding hydrogens is 218 g/mol. The van der Waals surface area contributed by atoms with Crippen LogP contribution in [0.15, 0.2) is 24.3 Å². The van der Waals surface area contributed by atoms with E-state index in [1.54, 1.807) is 19.1 Å². The summed E-state index contributed by atoms with van der Waals surface area (Å²) in [6.07, 6.45) is -0.253. The molecule has 0 aliphatic heterocycles. The SMILES string of the molecule is CCOc1ccc(C(O)CNC(=O)CC)cc1. The zero-order valence-corrected chi connectivity index (χ0v) is 10.3. The van der Waals surface area contributed by atoms with Crippen LogP contribution in [0, 0.1) is 0 Å². The summed E-state index contributed by atoms with van der Waals surface area (Å²) in [5, 5.41) is 12.5. The molecule has 1 atom stereocenters. The van der Waals surface area contributed by atoms with E-state index in [1.807, 2.05) is 19.1 Å². The summed E-state index contributed by atoms with van der Waals surface area (Å²) in [5.41, 5.74) is 0.768. The Balaban J connectivity index is 2.51. The van der Waals surface area contributed by atoms with E-state index >= 15 is 0 Å². The minimum absolute atomic E-state index is 0.0602. The van der Waals surface area contributed by atoms with Crippen LogP contribution < -0.4 is 10.1 Å². The molecule has 1 amide bonds. The van der Waals surface area contributed by atoms with Crippen LogP contribution in [0.1, 0.15) is 31.9 Å². The molecule has 0 radical (unpaired) electrons. The van der Waals surface area contributed by atoms with E-state index in [4.69, 9.17) is 4.74 Å². The summed E-state index contributed by atoms with van der Waals surface area (Å²) in [6.45, 7) is 4.55. The number of ether oxygens (including phenoxy) is 1. The first-order valence-corrected chi connectivity index (χ1v) is 5.84. The van der Waals surface area contributed by atoms with Gasteiger partial charge in [-0.15, -0.1) is 0 Å². The topological polar surface area (TPSA) is 58.6 Å². The van der Waals surface area contributed by atoms with Crippen molar-refractivity contribution in [1.29, 1.82) is 0 Å². The lowest BCUT2D eigenvalue weighted by Gasteiger charge is -2.12. The van der Waals surface area contributed by atoms with Crippen LogP contribution >= 0.6 is 0 Å². The Labute approximate surface area is 102 Å². The number of hydrogen-bond donors (Lipinski definition) is 2. The number of rotatable bonds is 6. The molecule has 0 heterocycles. The van der Waals surface area contributed by atoms with Crippen molar-refractivity contribution in [2.75, 3.05) is 13.2 Å². The van der Waals surface area contributed by atoms with Crippen molar-refractivity contribution in [3.05, 3.63) is 29.8 Å². The maximum absolute atomic E-state index is 11.0. The predicted octanol–water partition coefficient (Wildman–Crippen LogP) is 1.64. The molecule has 1 aromatic carbocycles. The summed E-state index contributed by atoms with van der Waals surface area (Å²) in [7, 11) is 0. The van der Waals surface area contributed by atoms with Crippen LogP contribution in [-0.2, 0) is 4.79 Å². The summed E-state index contributed by atoms with van der Waals surface area (Å²) in [5.74, 6) is 0.719. The molecule has 0 aliphatic rings. The predicted molar refractivity (Wildman–Crippen MR) is 65.9 cm³/mol. The maximum Gasteiger partial charge on any atom is 0.219 e. The highest BCUT2D eigenvalue weighted by atomic mass is 16.5. The van der Waals surface area contributed by atoms with Crippen LogP contribution in [0.3, 0.4) is 0 Å². The number of carbonyl (C=O) groups excluding carboxylic acids is 1. The van der Waals surface area contributed by atoms with Crippen molar-refractivity contribution < 1.29 is 14.6 Å². The number of hydrogen-bond acceptors (Lipinski definition) is 3. The summed E-state index contributed by atoms with van der Waals surface area (Å²) in [6, 6.07) is 7.22. The molecule has 0 bridgehead atoms. The number of benzene rings is 1. The average molecular weight is 237 g/mol. The highest BCUT2D eigenvalue weighted by Gasteiger charge is 2.08. The molecule has 1 unspecified atom stereocenters. The van der Waals surface area contributed by atoms with Crippen molar-refractivity contribution in [3.8, 4) is 5.75 Å². The fourth-order valence-corrected chi connectivity index (χ4v) is 1.41. The highest BCUT2D eigenvalue weighted by Crippen LogP contribution is 2.17. The molecule has 0 saturated heterocycles. The Morgan fingerprint density at radius 3 is 2.53 bits per heavy atom. The van der Waals surface area contributed by atoms with Crippen molar-refractivity contribution >= 4 is 5.91 Å². The van der Waals surface area contributed by atoms with Gasteiger partial charge in [-0.2, -0.15) is 0 Å². The number of amides is 1. The third-order valence-corrected chi connectivity index (χ3v) is 2.39. The van der Waals surface area contributed by atoms with E-state index in [0.717, 1.165) is 11.3 Å². The van der Waals surface area contributed by atoms with Crippen LogP contribution in [0.5, 0.6) is 5.75 Å². The second kappa shape index (κ2) is 6.91. The zero-order valence-electron chi connectivity index (χ0n) is 10.3. The van der Waals surface area contributed by atoms with Gasteiger partial charge in [0.25, 0.3) is 0 Å². The molecule has 0 aromatic heterocycles. The van der Waals surface area contributed by atoms with E-state index in [-0.39, 0.29) is 12.5 Å². The molecule has 17 heavy (non-hydrogen) atoms. The van der Waals surface area contributed by atoms with Gasteiger partial charge in [0.2, 0.25) is 5.91 Å². The van der Waals surface area contributed by atoms with Gasteiger partial charge in [-0.25, -0.2) is 0 Å². The van der Waals surface area contributed by atoms with E-state index in [1.165, 1.54) is 0 Å². The monoisotopic (exact) mass is 237 g/mol. The van der Waals surface area contributed by atoms with Gasteiger partial charge >= 0.3 is 0 Å². The van der Waals surface area contributed by atoms with Crippen LogP contribution in [0.25, 0.3) is 0 Å². The molecule has 0 aliphatic carbocycles. The van der Waals surface area contributed by atoms with Crippen LogP contribution in [0.2, 0.25) is 0 Å². The second-order valence-corrected chi connectivity index (χ2v) is 3.68. The van der Waals surface area contributed by atoms with Gasteiger partial charge in [0.05, 0.1) is 12.7 Å². The molecule has 2 N–H and O–H groups in total. The lowest BCUT2D eigenvalue weighted by molar-refractivity contribution is -0.121. The third-order valence-electron chi connectivity index (χ3n) is 2.39. The van der Waals surface area contributed by atoms with Crippen molar-refractivity contribution in [2.24, 2.45) is 0 Å². The quantitative estimate of drug-likeness (QED) is 0.791. The minimum Gasteiger partial charge on any atom is -0.494 e. The highest BCUT2D eigenvalue weighted by molar-refractivity contribution is 5.75. The molecule has 0 saturated carbocycles. The summed E-state index contributed by atoms with van der Waals surface area (Å²) >= 11 is 0. The molecule has 4 nitrogen and oxygen atoms in total. The Bertz CT molecular complexity index is 348. The lowest BCUT2D eigenvalue weighted by Crippen LogP contribution is -2.27. The number of aliphatic hydroxyl groups is 1. The molecule has 1 rings (SSSR count). The van der Waals surface area contributed by atoms with Gasteiger partial charge in [-0.3, -0.25) is 4.79 Å². The standard InChI is InChI=1S/C13H19NO3/c1-3-13(16)14-9-12(15)10-5-7-11(8-6-10)17-4-2/h5-8,12,15H,3-4,9H2,1-2H3,(H,14,16). The van der Waals surface area contributed by atoms with E-state index in [0.29, 0.717) is 13.0 Å². The van der Waals surface area contributed by atoms with Gasteiger partial charge in [0, 0.05) is 13.0 Å². The van der Waals surface area contributed by atoms with Gasteiger partial charge in [-0.05, 0) is 24.6 Å². The van der Waals surface area contributed by atoms with Gasteiger partial charge in [0.15, 0.2) is 0 Å². The van der Waals surface area contributed by atoms with Crippen molar-refractivity contribution in [2.45, 2.75) is 26.4 Å². The minimum atomic E-state index is -0.679. The Morgan fingerprint density at radius 2 is 2.00 bits per heavy atom. The number of aliphatic hydroxyl groups excluding tert-OH is 1. The summed E-state index contributed by atoms with van der Waals surface area (Å²) in [4.78, 5) is 11.0. The molecule has 94 valence electrons. The second-order valence-electron chi connectivity index (χ2n) is 3.68.